The van der Waals surface area contributed by atoms with Gasteiger partial charge in [0.1, 0.15) is 12.1 Å². The second-order valence-electron chi connectivity index (χ2n) is 8.07. The molecule has 4 N–H and O–H groups in total. The highest BCUT2D eigenvalue weighted by atomic mass is 16.6. The number of aromatic nitrogens is 3. The van der Waals surface area contributed by atoms with Gasteiger partial charge in [-0.15, -0.1) is 0 Å². The van der Waals surface area contributed by atoms with Crippen LogP contribution in [0.3, 0.4) is 0 Å². The van der Waals surface area contributed by atoms with E-state index in [1.165, 1.54) is 6.20 Å². The Labute approximate surface area is 182 Å². The number of ether oxygens (including phenoxy) is 1. The highest BCUT2D eigenvalue weighted by Crippen LogP contribution is 2.40. The smallest absolute Gasteiger partial charge is 0.343 e. The van der Waals surface area contributed by atoms with E-state index in [2.05, 4.69) is 4.98 Å². The topological polar surface area (TPSA) is 158 Å². The van der Waals surface area contributed by atoms with Gasteiger partial charge in [-0.05, 0) is 24.5 Å². The van der Waals surface area contributed by atoms with Crippen LogP contribution in [-0.4, -0.2) is 26.5 Å². The van der Waals surface area contributed by atoms with E-state index in [0.717, 1.165) is 11.1 Å². The molecular weight excluding hydrogens is 414 g/mol. The number of pyridine rings is 3. The van der Waals surface area contributed by atoms with Crippen molar-refractivity contribution >= 4 is 22.7 Å². The number of rotatable bonds is 3. The number of amidine groups is 1. The third kappa shape index (κ3) is 2.46. The van der Waals surface area contributed by atoms with E-state index in [1.54, 1.807) is 23.6 Å². The summed E-state index contributed by atoms with van der Waals surface area (Å²) in [6.07, 6.45) is 1.93. The van der Waals surface area contributed by atoms with Crippen LogP contribution in [0, 0.1) is 10.6 Å². The number of nitrogen functional groups attached to an aromatic ring is 1. The number of nitrogens with zero attached hydrogens (tertiary/aromatic N) is 3. The van der Waals surface area contributed by atoms with E-state index >= 15 is 0 Å². The van der Waals surface area contributed by atoms with Crippen LogP contribution < -0.4 is 16.0 Å². The first-order valence-electron chi connectivity index (χ1n) is 10.3. The molecule has 2 aliphatic heterocycles. The average Bonchev–Trinajstić information content (AvgIpc) is 3.13. The van der Waals surface area contributed by atoms with Gasteiger partial charge in [0.25, 0.3) is 11.3 Å². The molecule has 0 radical (unpaired) electrons. The molecule has 0 fully saturated rings. The Hall–Kier alpha value is -3.79. The summed E-state index contributed by atoms with van der Waals surface area (Å²) in [4.78, 5) is 30.3. The van der Waals surface area contributed by atoms with Crippen molar-refractivity contribution in [2.45, 2.75) is 45.4 Å². The molecule has 5 rings (SSSR count). The lowest BCUT2D eigenvalue weighted by Crippen LogP contribution is -2.44. The van der Waals surface area contributed by atoms with Crippen molar-refractivity contribution in [1.82, 2.24) is 9.55 Å². The van der Waals surface area contributed by atoms with Crippen LogP contribution >= 0.6 is 0 Å². The van der Waals surface area contributed by atoms with Crippen molar-refractivity contribution in [3.8, 4) is 11.4 Å². The fraction of sp³-hybridized carbons (Fsp3) is 0.318. The number of aryl methyl sites for hydroxylation is 1. The monoisotopic (exact) mass is 435 g/mol. The predicted octanol–water partition coefficient (Wildman–Crippen LogP) is 0.559. The molecule has 0 saturated carbocycles. The Morgan fingerprint density at radius 1 is 1.38 bits per heavy atom. The van der Waals surface area contributed by atoms with Crippen molar-refractivity contribution < 1.29 is 19.4 Å². The molecule has 0 spiro atoms. The number of nitrogens with two attached hydrogens (primary N) is 1. The molecule has 2 aliphatic rings. The lowest BCUT2D eigenvalue weighted by Gasteiger charge is -2.31. The van der Waals surface area contributed by atoms with E-state index in [4.69, 9.17) is 15.9 Å². The van der Waals surface area contributed by atoms with Crippen molar-refractivity contribution in [3.05, 3.63) is 61.8 Å². The van der Waals surface area contributed by atoms with Gasteiger partial charge >= 0.3 is 5.97 Å². The lowest BCUT2D eigenvalue weighted by molar-refractivity contribution is -0.605. The molecule has 0 saturated heterocycles. The zero-order valence-electron chi connectivity index (χ0n) is 17.6. The van der Waals surface area contributed by atoms with Gasteiger partial charge in [-0.25, -0.2) is 9.78 Å². The van der Waals surface area contributed by atoms with Crippen LogP contribution in [0.4, 0.5) is 0 Å². The molecular formula is C22H21N5O5. The number of carbonyl (C=O) groups is 1. The fourth-order valence-corrected chi connectivity index (χ4v) is 4.74. The van der Waals surface area contributed by atoms with Gasteiger partial charge in [0, 0.05) is 22.6 Å². The Balaban J connectivity index is 1.83. The summed E-state index contributed by atoms with van der Waals surface area (Å²) in [5, 5.41) is 31.7. The maximum atomic E-state index is 13.3. The molecule has 3 aromatic rings. The summed E-state index contributed by atoms with van der Waals surface area (Å²) in [5.41, 5.74) is 6.97. The van der Waals surface area contributed by atoms with Crippen LogP contribution in [0.1, 0.15) is 48.2 Å². The number of nitrogens with one attached hydrogen (secondary N) is 1. The first-order valence-corrected chi connectivity index (χ1v) is 10.3. The number of aliphatic hydroxyl groups is 1. The summed E-state index contributed by atoms with van der Waals surface area (Å²) in [5.74, 6) is -1.12. The van der Waals surface area contributed by atoms with Crippen LogP contribution in [0.2, 0.25) is 0 Å². The molecule has 0 aromatic carbocycles. The molecule has 10 heteroatoms. The van der Waals surface area contributed by atoms with E-state index in [-0.39, 0.29) is 47.8 Å². The number of cyclic esters (lactones) is 1. The molecule has 5 heterocycles. The van der Waals surface area contributed by atoms with Crippen molar-refractivity contribution in [1.29, 1.82) is 5.41 Å². The first kappa shape index (κ1) is 20.1. The minimum absolute atomic E-state index is 0.0285. The van der Waals surface area contributed by atoms with Crippen molar-refractivity contribution in [2.24, 2.45) is 5.73 Å². The maximum absolute atomic E-state index is 13.3. The Morgan fingerprint density at radius 2 is 2.12 bits per heavy atom. The molecule has 0 bridgehead atoms. The third-order valence-corrected chi connectivity index (χ3v) is 6.47. The quantitative estimate of drug-likeness (QED) is 0.139. The van der Waals surface area contributed by atoms with Gasteiger partial charge in [-0.3, -0.25) is 10.2 Å². The largest absolute Gasteiger partial charge is 0.618 e. The fourth-order valence-electron chi connectivity index (χ4n) is 4.74. The van der Waals surface area contributed by atoms with E-state index in [9.17, 15) is 19.9 Å². The Morgan fingerprint density at radius 3 is 2.78 bits per heavy atom. The molecule has 0 aliphatic carbocycles. The minimum atomic E-state index is -1.90. The number of fused-ring (bicyclic) bond motifs is 5. The minimum Gasteiger partial charge on any atom is -0.618 e. The van der Waals surface area contributed by atoms with Gasteiger partial charge in [-0.2, -0.15) is 4.73 Å². The van der Waals surface area contributed by atoms with Gasteiger partial charge in [0.05, 0.1) is 23.5 Å². The van der Waals surface area contributed by atoms with Crippen molar-refractivity contribution in [2.75, 3.05) is 0 Å². The van der Waals surface area contributed by atoms with Gasteiger partial charge in [-0.1, -0.05) is 13.8 Å². The number of carbonyl (C=O) groups excluding carboxylic acids is 1. The molecule has 0 amide bonds. The Bertz CT molecular complexity index is 1430. The SMILES string of the molecule is CCc1c2c(nc3c[n+]([O-])c(C(=N)N)cc13)-c1cc3c(c(=O)n1C2)COC(=O)[C@]3(O)CC. The molecule has 0 unspecified atom stereocenters. The van der Waals surface area contributed by atoms with E-state index < -0.39 is 11.6 Å². The van der Waals surface area contributed by atoms with Gasteiger partial charge in [0.15, 0.2) is 11.4 Å². The summed E-state index contributed by atoms with van der Waals surface area (Å²) in [6.45, 7) is 3.68. The average molecular weight is 435 g/mol. The lowest BCUT2D eigenvalue weighted by atomic mass is 9.86. The Kier molecular flexibility index (Phi) is 4.15. The van der Waals surface area contributed by atoms with Crippen LogP contribution in [0.15, 0.2) is 23.1 Å². The molecule has 3 aromatic heterocycles. The van der Waals surface area contributed by atoms with Crippen molar-refractivity contribution in [3.63, 3.8) is 0 Å². The van der Waals surface area contributed by atoms with Crippen LogP contribution in [0.25, 0.3) is 22.3 Å². The number of hydrogen-bond acceptors (Lipinski definition) is 7. The normalized spacial score (nSPS) is 18.8. The summed E-state index contributed by atoms with van der Waals surface area (Å²) >= 11 is 0. The molecule has 32 heavy (non-hydrogen) atoms. The highest BCUT2D eigenvalue weighted by molar-refractivity contribution is 5.96. The second-order valence-corrected chi connectivity index (χ2v) is 8.07. The zero-order valence-corrected chi connectivity index (χ0v) is 17.6. The van der Waals surface area contributed by atoms with Gasteiger partial charge in [0.2, 0.25) is 6.20 Å². The second kappa shape index (κ2) is 6.60. The summed E-state index contributed by atoms with van der Waals surface area (Å²) in [6, 6.07) is 3.19. The summed E-state index contributed by atoms with van der Waals surface area (Å²) < 4.78 is 7.16. The summed E-state index contributed by atoms with van der Waals surface area (Å²) in [7, 11) is 0. The van der Waals surface area contributed by atoms with Crippen LogP contribution in [0.5, 0.6) is 0 Å². The zero-order chi connectivity index (χ0) is 22.9. The standard InChI is InChI=1S/C22H21N5O5/c1-3-10-11-5-17(19(23)24)27(31)8-15(11)25-18-12(10)7-26-16(18)6-14-13(20(26)28)9-32-21(29)22(14,30)4-2/h5-6,8,30H,3-4,7,9H2,1-2H3,(H3,23,24)/t22-/m0/s1. The number of esters is 1. The number of hydrogen-bond donors (Lipinski definition) is 3. The predicted molar refractivity (Wildman–Crippen MR) is 114 cm³/mol. The first-order chi connectivity index (χ1) is 15.2. The molecule has 10 nitrogen and oxygen atoms in total. The third-order valence-electron chi connectivity index (χ3n) is 6.47. The molecule has 1 atom stereocenters. The van der Waals surface area contributed by atoms with E-state index in [1.807, 2.05) is 6.92 Å². The maximum Gasteiger partial charge on any atom is 0.343 e. The van der Waals surface area contributed by atoms with Crippen LogP contribution in [-0.2, 0) is 34.7 Å². The van der Waals surface area contributed by atoms with Gasteiger partial charge < -0.3 is 25.4 Å². The van der Waals surface area contributed by atoms with E-state index in [0.29, 0.717) is 33.4 Å². The molecule has 164 valence electrons. The highest BCUT2D eigenvalue weighted by Gasteiger charge is 2.45.